The highest BCUT2D eigenvalue weighted by molar-refractivity contribution is 7.89. The summed E-state index contributed by atoms with van der Waals surface area (Å²) in [5.41, 5.74) is 2.70. The summed E-state index contributed by atoms with van der Waals surface area (Å²) in [4.78, 5) is 25.1. The van der Waals surface area contributed by atoms with Crippen LogP contribution >= 0.6 is 0 Å². The molecule has 9 heteroatoms. The number of carbonyl (C=O) groups is 1. The van der Waals surface area contributed by atoms with Gasteiger partial charge in [0.25, 0.3) is 0 Å². The summed E-state index contributed by atoms with van der Waals surface area (Å²) in [6, 6.07) is 11.6. The first kappa shape index (κ1) is 19.5. The van der Waals surface area contributed by atoms with Crippen LogP contribution in [0.25, 0.3) is 0 Å². The van der Waals surface area contributed by atoms with E-state index in [1.54, 1.807) is 17.0 Å². The van der Waals surface area contributed by atoms with Crippen molar-refractivity contribution < 1.29 is 17.9 Å². The van der Waals surface area contributed by atoms with Crippen LogP contribution in [-0.2, 0) is 21.4 Å². The van der Waals surface area contributed by atoms with Gasteiger partial charge in [0.2, 0.25) is 10.0 Å². The summed E-state index contributed by atoms with van der Waals surface area (Å²) >= 11 is 0. The van der Waals surface area contributed by atoms with Crippen molar-refractivity contribution in [3.05, 3.63) is 58.5 Å². The standard InChI is InChI=1S/C20H21N3O5S/c1-14-5-4-6-15-13-28-20(24)23(19(14)15)16-9-11-22(12-10-16)29(26,27)18-8-3-2-7-17(18)21-25/h2-8,16H,9-13H2,1H3. The molecule has 0 unspecified atom stereocenters. The maximum absolute atomic E-state index is 13.0. The van der Waals surface area contributed by atoms with E-state index in [1.807, 2.05) is 25.1 Å². The minimum absolute atomic E-state index is 0.0907. The third kappa shape index (κ3) is 3.40. The van der Waals surface area contributed by atoms with E-state index >= 15 is 0 Å². The van der Waals surface area contributed by atoms with Gasteiger partial charge in [0.1, 0.15) is 17.2 Å². The second-order valence-corrected chi connectivity index (χ2v) is 9.11. The van der Waals surface area contributed by atoms with E-state index in [9.17, 15) is 18.1 Å². The lowest BCUT2D eigenvalue weighted by molar-refractivity contribution is 0.135. The first-order valence-corrected chi connectivity index (χ1v) is 10.8. The van der Waals surface area contributed by atoms with Gasteiger partial charge in [0.05, 0.1) is 5.69 Å². The molecule has 0 saturated carbocycles. The number of hydrogen-bond donors (Lipinski definition) is 0. The zero-order valence-corrected chi connectivity index (χ0v) is 16.8. The minimum atomic E-state index is -3.84. The lowest BCUT2D eigenvalue weighted by atomic mass is 10.00. The normalized spacial score (nSPS) is 18.2. The molecule has 1 saturated heterocycles. The number of ether oxygens (including phenoxy) is 1. The maximum Gasteiger partial charge on any atom is 0.414 e. The van der Waals surface area contributed by atoms with Gasteiger partial charge < -0.3 is 4.74 Å². The largest absolute Gasteiger partial charge is 0.444 e. The lowest BCUT2D eigenvalue weighted by Gasteiger charge is -2.40. The van der Waals surface area contributed by atoms with E-state index in [-0.39, 0.29) is 36.3 Å². The molecule has 2 heterocycles. The van der Waals surface area contributed by atoms with Crippen LogP contribution < -0.4 is 4.90 Å². The van der Waals surface area contributed by atoms with Gasteiger partial charge in [-0.05, 0) is 42.6 Å². The summed E-state index contributed by atoms with van der Waals surface area (Å²) in [5, 5.41) is 2.84. The van der Waals surface area contributed by atoms with Crippen molar-refractivity contribution in [2.45, 2.75) is 37.3 Å². The molecule has 2 aliphatic heterocycles. The van der Waals surface area contributed by atoms with Crippen LogP contribution in [0.4, 0.5) is 16.2 Å². The molecular weight excluding hydrogens is 394 g/mol. The number of sulfonamides is 1. The number of benzene rings is 2. The van der Waals surface area contributed by atoms with Crippen LogP contribution in [0.15, 0.2) is 52.5 Å². The van der Waals surface area contributed by atoms with Gasteiger partial charge in [-0.3, -0.25) is 4.90 Å². The summed E-state index contributed by atoms with van der Waals surface area (Å²) in [5.74, 6) is 0. The number of para-hydroxylation sites is 1. The first-order valence-electron chi connectivity index (χ1n) is 9.40. The van der Waals surface area contributed by atoms with E-state index in [2.05, 4.69) is 5.18 Å². The highest BCUT2D eigenvalue weighted by Gasteiger charge is 2.38. The van der Waals surface area contributed by atoms with E-state index < -0.39 is 16.1 Å². The predicted octanol–water partition coefficient (Wildman–Crippen LogP) is 3.70. The van der Waals surface area contributed by atoms with E-state index in [0.29, 0.717) is 12.8 Å². The third-order valence-corrected chi connectivity index (χ3v) is 7.43. The molecule has 152 valence electrons. The molecule has 0 spiro atoms. The fraction of sp³-hybridized carbons (Fsp3) is 0.350. The molecule has 1 fully saturated rings. The first-order chi connectivity index (χ1) is 13.9. The molecule has 0 bridgehead atoms. The number of aryl methyl sites for hydroxylation is 1. The van der Waals surface area contributed by atoms with Crippen molar-refractivity contribution in [3.8, 4) is 0 Å². The average molecular weight is 415 g/mol. The Balaban J connectivity index is 1.56. The smallest absolute Gasteiger partial charge is 0.414 e. The maximum atomic E-state index is 13.0. The molecule has 0 aliphatic carbocycles. The van der Waals surface area contributed by atoms with Crippen molar-refractivity contribution in [1.82, 2.24) is 4.31 Å². The molecular formula is C20H21N3O5S. The Kier molecular flexibility index (Phi) is 5.10. The summed E-state index contributed by atoms with van der Waals surface area (Å²) in [7, 11) is -3.84. The van der Waals surface area contributed by atoms with Gasteiger partial charge in [-0.15, -0.1) is 4.91 Å². The number of carbonyl (C=O) groups excluding carboxylic acids is 1. The number of hydrogen-bond acceptors (Lipinski definition) is 6. The monoisotopic (exact) mass is 415 g/mol. The number of fused-ring (bicyclic) bond motifs is 1. The van der Waals surface area contributed by atoms with E-state index in [4.69, 9.17) is 4.74 Å². The Hall–Kier alpha value is -2.78. The van der Waals surface area contributed by atoms with Crippen LogP contribution in [0.5, 0.6) is 0 Å². The fourth-order valence-electron chi connectivity index (χ4n) is 4.04. The van der Waals surface area contributed by atoms with Crippen LogP contribution in [-0.4, -0.2) is 37.9 Å². The van der Waals surface area contributed by atoms with Crippen LogP contribution in [0.1, 0.15) is 24.0 Å². The molecule has 1 amide bonds. The third-order valence-electron chi connectivity index (χ3n) is 5.48. The topological polar surface area (TPSA) is 96.4 Å². The predicted molar refractivity (Wildman–Crippen MR) is 108 cm³/mol. The number of nitrogens with zero attached hydrogens (tertiary/aromatic N) is 3. The van der Waals surface area contributed by atoms with Gasteiger partial charge in [-0.2, -0.15) is 4.31 Å². The minimum Gasteiger partial charge on any atom is -0.444 e. The van der Waals surface area contributed by atoms with Gasteiger partial charge in [0.15, 0.2) is 0 Å². The summed E-state index contributed by atoms with van der Waals surface area (Å²) < 4.78 is 32.7. The number of cyclic esters (lactones) is 1. The number of anilines is 1. The molecule has 0 atom stereocenters. The Bertz CT molecular complexity index is 1060. The molecule has 0 radical (unpaired) electrons. The zero-order valence-electron chi connectivity index (χ0n) is 15.9. The molecule has 2 aromatic carbocycles. The molecule has 2 aliphatic rings. The highest BCUT2D eigenvalue weighted by atomic mass is 32.2. The van der Waals surface area contributed by atoms with Crippen LogP contribution in [0.3, 0.4) is 0 Å². The Morgan fingerprint density at radius 3 is 2.52 bits per heavy atom. The highest BCUT2D eigenvalue weighted by Crippen LogP contribution is 2.36. The van der Waals surface area contributed by atoms with Crippen LogP contribution in [0, 0.1) is 11.8 Å². The number of amides is 1. The average Bonchev–Trinajstić information content (AvgIpc) is 2.74. The second kappa shape index (κ2) is 7.57. The van der Waals surface area contributed by atoms with Crippen molar-refractivity contribution in [3.63, 3.8) is 0 Å². The van der Waals surface area contributed by atoms with Crippen molar-refractivity contribution in [1.29, 1.82) is 0 Å². The van der Waals surface area contributed by atoms with Gasteiger partial charge >= 0.3 is 6.09 Å². The second-order valence-electron chi connectivity index (χ2n) is 7.20. The van der Waals surface area contributed by atoms with Crippen molar-refractivity contribution in [2.75, 3.05) is 18.0 Å². The summed E-state index contributed by atoms with van der Waals surface area (Å²) in [6.45, 7) is 2.68. The van der Waals surface area contributed by atoms with Crippen molar-refractivity contribution >= 4 is 27.5 Å². The van der Waals surface area contributed by atoms with Crippen molar-refractivity contribution in [2.24, 2.45) is 5.18 Å². The molecule has 4 rings (SSSR count). The SMILES string of the molecule is Cc1cccc2c1N(C1CCN(S(=O)(=O)c3ccccc3N=O)CC1)C(=O)OC2. The van der Waals surface area contributed by atoms with Gasteiger partial charge in [0, 0.05) is 24.7 Å². The van der Waals surface area contributed by atoms with Gasteiger partial charge in [-0.25, -0.2) is 13.2 Å². The Morgan fingerprint density at radius 2 is 1.79 bits per heavy atom. The quantitative estimate of drug-likeness (QED) is 0.710. The molecule has 0 N–H and O–H groups in total. The van der Waals surface area contributed by atoms with E-state index in [1.165, 1.54) is 16.4 Å². The Morgan fingerprint density at radius 1 is 1.07 bits per heavy atom. The van der Waals surface area contributed by atoms with E-state index in [0.717, 1.165) is 16.8 Å². The number of rotatable bonds is 4. The summed E-state index contributed by atoms with van der Waals surface area (Å²) in [6.07, 6.45) is 0.543. The lowest BCUT2D eigenvalue weighted by Crippen LogP contribution is -2.50. The molecule has 8 nitrogen and oxygen atoms in total. The fourth-order valence-corrected chi connectivity index (χ4v) is 5.63. The molecule has 0 aromatic heterocycles. The van der Waals surface area contributed by atoms with Gasteiger partial charge in [-0.1, -0.05) is 30.3 Å². The van der Waals surface area contributed by atoms with Crippen LogP contribution in [0.2, 0.25) is 0 Å². The molecule has 29 heavy (non-hydrogen) atoms. The number of nitroso groups, excluding NO2 is 1. The number of piperidine rings is 1. The Labute approximate surface area is 169 Å². The zero-order chi connectivity index (χ0) is 20.6. The molecule has 2 aromatic rings.